The molecule has 0 aromatic heterocycles. The molecule has 0 unspecified atom stereocenters. The number of sulfonamides is 1. The van der Waals surface area contributed by atoms with E-state index < -0.39 is 10.0 Å². The molecule has 0 saturated carbocycles. The Balaban J connectivity index is 2.28. The number of nitrogens with zero attached hydrogens (tertiary/aromatic N) is 1. The molecule has 1 fully saturated rings. The Morgan fingerprint density at radius 3 is 2.37 bits per heavy atom. The van der Waals surface area contributed by atoms with E-state index in [0.717, 1.165) is 12.8 Å². The van der Waals surface area contributed by atoms with E-state index in [-0.39, 0.29) is 5.41 Å². The zero-order valence-electron chi connectivity index (χ0n) is 11.2. The maximum absolute atomic E-state index is 12.6. The first-order valence-corrected chi connectivity index (χ1v) is 8.51. The van der Waals surface area contributed by atoms with Crippen LogP contribution >= 0.6 is 15.9 Å². The maximum atomic E-state index is 12.6. The van der Waals surface area contributed by atoms with Crippen LogP contribution in [0.1, 0.15) is 26.7 Å². The molecule has 1 saturated heterocycles. The van der Waals surface area contributed by atoms with E-state index in [1.165, 1.54) is 0 Å². The standard InChI is InChI=1S/C13H19BrN2O2S/c1-13(2)5-7-16(8-6-13)19(17,18)12-4-3-10(15)9-11(12)14/h3-4,9H,5-8,15H2,1-2H3. The minimum atomic E-state index is -3.43. The molecule has 1 aliphatic heterocycles. The largest absolute Gasteiger partial charge is 0.399 e. The molecule has 0 amide bonds. The molecule has 19 heavy (non-hydrogen) atoms. The smallest absolute Gasteiger partial charge is 0.244 e. The van der Waals surface area contributed by atoms with Gasteiger partial charge in [0.15, 0.2) is 0 Å². The minimum Gasteiger partial charge on any atom is -0.399 e. The van der Waals surface area contributed by atoms with Gasteiger partial charge in [0.2, 0.25) is 10.0 Å². The predicted molar refractivity (Wildman–Crippen MR) is 80.3 cm³/mol. The van der Waals surface area contributed by atoms with E-state index in [1.54, 1.807) is 22.5 Å². The highest BCUT2D eigenvalue weighted by Gasteiger charge is 2.33. The van der Waals surface area contributed by atoms with Crippen molar-refractivity contribution in [2.24, 2.45) is 5.41 Å². The van der Waals surface area contributed by atoms with Gasteiger partial charge in [0.25, 0.3) is 0 Å². The van der Waals surface area contributed by atoms with Crippen molar-refractivity contribution in [3.63, 3.8) is 0 Å². The second-order valence-corrected chi connectivity index (χ2v) is 8.52. The fraction of sp³-hybridized carbons (Fsp3) is 0.538. The Hall–Kier alpha value is -0.590. The summed E-state index contributed by atoms with van der Waals surface area (Å²) < 4.78 is 27.3. The molecule has 0 aliphatic carbocycles. The molecule has 6 heteroatoms. The van der Waals surface area contributed by atoms with E-state index in [0.29, 0.717) is 28.1 Å². The summed E-state index contributed by atoms with van der Waals surface area (Å²) in [7, 11) is -3.43. The number of hydrogen-bond donors (Lipinski definition) is 1. The molecule has 4 nitrogen and oxygen atoms in total. The van der Waals surface area contributed by atoms with Gasteiger partial charge in [-0.2, -0.15) is 4.31 Å². The Kier molecular flexibility index (Phi) is 3.95. The van der Waals surface area contributed by atoms with Gasteiger partial charge in [0.1, 0.15) is 0 Å². The van der Waals surface area contributed by atoms with Crippen LogP contribution in [0.15, 0.2) is 27.6 Å². The Bertz CT molecular complexity index is 574. The van der Waals surface area contributed by atoms with Crippen molar-refractivity contribution < 1.29 is 8.42 Å². The summed E-state index contributed by atoms with van der Waals surface area (Å²) in [6, 6.07) is 4.81. The zero-order chi connectivity index (χ0) is 14.3. The van der Waals surface area contributed by atoms with E-state index in [4.69, 9.17) is 5.73 Å². The predicted octanol–water partition coefficient (Wildman–Crippen LogP) is 2.84. The van der Waals surface area contributed by atoms with Crippen LogP contribution in [0.3, 0.4) is 0 Å². The third-order valence-corrected chi connectivity index (χ3v) is 6.53. The third kappa shape index (κ3) is 3.12. The summed E-state index contributed by atoms with van der Waals surface area (Å²) in [5.41, 5.74) is 6.42. The Morgan fingerprint density at radius 1 is 1.26 bits per heavy atom. The number of piperidine rings is 1. The maximum Gasteiger partial charge on any atom is 0.244 e. The molecule has 1 aromatic carbocycles. The van der Waals surface area contributed by atoms with Gasteiger partial charge in [-0.15, -0.1) is 0 Å². The van der Waals surface area contributed by atoms with Crippen LogP contribution in [0.2, 0.25) is 0 Å². The van der Waals surface area contributed by atoms with Crippen LogP contribution in [-0.4, -0.2) is 25.8 Å². The Morgan fingerprint density at radius 2 is 1.84 bits per heavy atom. The first-order chi connectivity index (χ1) is 8.72. The molecule has 0 spiro atoms. The summed E-state index contributed by atoms with van der Waals surface area (Å²) in [6.45, 7) is 5.50. The molecule has 0 bridgehead atoms. The summed E-state index contributed by atoms with van der Waals surface area (Å²) in [5.74, 6) is 0. The summed E-state index contributed by atoms with van der Waals surface area (Å²) >= 11 is 3.29. The number of hydrogen-bond acceptors (Lipinski definition) is 3. The normalized spacial score (nSPS) is 20.4. The summed E-state index contributed by atoms with van der Waals surface area (Å²) in [6.07, 6.45) is 1.78. The lowest BCUT2D eigenvalue weighted by atomic mass is 9.83. The van der Waals surface area contributed by atoms with Crippen LogP contribution in [0.5, 0.6) is 0 Å². The molecule has 1 heterocycles. The van der Waals surface area contributed by atoms with Gasteiger partial charge < -0.3 is 5.73 Å². The molecular formula is C13H19BrN2O2S. The van der Waals surface area contributed by atoms with Crippen LogP contribution in [-0.2, 0) is 10.0 Å². The summed E-state index contributed by atoms with van der Waals surface area (Å²) in [4.78, 5) is 0.293. The zero-order valence-corrected chi connectivity index (χ0v) is 13.6. The van der Waals surface area contributed by atoms with Crippen molar-refractivity contribution in [2.45, 2.75) is 31.6 Å². The van der Waals surface area contributed by atoms with Crippen molar-refractivity contribution in [1.29, 1.82) is 0 Å². The second kappa shape index (κ2) is 5.07. The van der Waals surface area contributed by atoms with Gasteiger partial charge in [-0.25, -0.2) is 8.42 Å². The SMILES string of the molecule is CC1(C)CCN(S(=O)(=O)c2ccc(N)cc2Br)CC1. The number of halogens is 1. The number of anilines is 1. The average molecular weight is 347 g/mol. The molecule has 2 rings (SSSR count). The molecule has 1 aliphatic rings. The van der Waals surface area contributed by atoms with Gasteiger partial charge in [-0.1, -0.05) is 13.8 Å². The van der Waals surface area contributed by atoms with Crippen molar-refractivity contribution in [2.75, 3.05) is 18.8 Å². The van der Waals surface area contributed by atoms with Crippen LogP contribution in [0.4, 0.5) is 5.69 Å². The Labute approximate surface area is 123 Å². The molecule has 1 aromatic rings. The first-order valence-electron chi connectivity index (χ1n) is 6.28. The molecule has 2 N–H and O–H groups in total. The van der Waals surface area contributed by atoms with Gasteiger partial charge in [-0.05, 0) is 52.4 Å². The number of nitrogens with two attached hydrogens (primary N) is 1. The highest BCUT2D eigenvalue weighted by atomic mass is 79.9. The van der Waals surface area contributed by atoms with Gasteiger partial charge in [0.05, 0.1) is 4.90 Å². The highest BCUT2D eigenvalue weighted by Crippen LogP contribution is 2.34. The number of benzene rings is 1. The first kappa shape index (κ1) is 14.8. The molecule has 0 atom stereocenters. The fourth-order valence-electron chi connectivity index (χ4n) is 2.20. The van der Waals surface area contributed by atoms with E-state index in [9.17, 15) is 8.42 Å². The molecule has 106 valence electrons. The van der Waals surface area contributed by atoms with E-state index >= 15 is 0 Å². The average Bonchev–Trinajstić information content (AvgIpc) is 2.27. The van der Waals surface area contributed by atoms with Gasteiger partial charge >= 0.3 is 0 Å². The summed E-state index contributed by atoms with van der Waals surface area (Å²) in [5, 5.41) is 0. The molecular weight excluding hydrogens is 328 g/mol. The van der Waals surface area contributed by atoms with Crippen molar-refractivity contribution >= 4 is 31.6 Å². The van der Waals surface area contributed by atoms with Crippen molar-refractivity contribution in [3.05, 3.63) is 22.7 Å². The quantitative estimate of drug-likeness (QED) is 0.837. The highest BCUT2D eigenvalue weighted by molar-refractivity contribution is 9.10. The van der Waals surface area contributed by atoms with Gasteiger partial charge in [-0.3, -0.25) is 0 Å². The fourth-order valence-corrected chi connectivity index (χ4v) is 4.69. The number of rotatable bonds is 2. The lowest BCUT2D eigenvalue weighted by molar-refractivity contribution is 0.196. The minimum absolute atomic E-state index is 0.227. The third-order valence-electron chi connectivity index (χ3n) is 3.65. The monoisotopic (exact) mass is 346 g/mol. The van der Waals surface area contributed by atoms with Gasteiger partial charge in [0, 0.05) is 23.2 Å². The van der Waals surface area contributed by atoms with Crippen LogP contribution in [0, 0.1) is 5.41 Å². The van der Waals surface area contributed by atoms with Crippen molar-refractivity contribution in [1.82, 2.24) is 4.31 Å². The van der Waals surface area contributed by atoms with Crippen molar-refractivity contribution in [3.8, 4) is 0 Å². The lowest BCUT2D eigenvalue weighted by Crippen LogP contribution is -2.41. The topological polar surface area (TPSA) is 63.4 Å². The lowest BCUT2D eigenvalue weighted by Gasteiger charge is -2.36. The number of nitrogen functional groups attached to an aromatic ring is 1. The van der Waals surface area contributed by atoms with Crippen LogP contribution in [0.25, 0.3) is 0 Å². The second-order valence-electron chi connectivity index (χ2n) is 5.76. The molecule has 0 radical (unpaired) electrons. The van der Waals surface area contributed by atoms with E-state index in [1.807, 2.05) is 0 Å². The van der Waals surface area contributed by atoms with E-state index in [2.05, 4.69) is 29.8 Å². The van der Waals surface area contributed by atoms with Crippen LogP contribution < -0.4 is 5.73 Å².